The van der Waals surface area contributed by atoms with Crippen molar-refractivity contribution in [2.24, 2.45) is 22.4 Å². The zero-order chi connectivity index (χ0) is 29.8. The Kier molecular flexibility index (Phi) is 18.8. The van der Waals surface area contributed by atoms with E-state index in [9.17, 15) is 14.4 Å². The molecule has 0 unspecified atom stereocenters. The molecule has 1 aliphatic heterocycles. The first-order valence-electron chi connectivity index (χ1n) is 15.6. The largest absolute Gasteiger partial charge is 0.448 e. The van der Waals surface area contributed by atoms with E-state index in [4.69, 9.17) is 16.2 Å². The van der Waals surface area contributed by atoms with E-state index in [2.05, 4.69) is 15.7 Å². The van der Waals surface area contributed by atoms with Gasteiger partial charge in [-0.1, -0.05) is 65.7 Å². The van der Waals surface area contributed by atoms with Crippen molar-refractivity contribution in [3.05, 3.63) is 0 Å². The van der Waals surface area contributed by atoms with E-state index in [0.717, 1.165) is 51.1 Å². The second-order valence-corrected chi connectivity index (χ2v) is 10.8. The van der Waals surface area contributed by atoms with Gasteiger partial charge in [0.25, 0.3) is 5.91 Å². The Morgan fingerprint density at radius 2 is 1.77 bits per heavy atom. The van der Waals surface area contributed by atoms with Gasteiger partial charge in [-0.3, -0.25) is 20.0 Å². The van der Waals surface area contributed by atoms with Crippen molar-refractivity contribution >= 4 is 23.9 Å². The average molecular weight is 568 g/mol. The lowest BCUT2D eigenvalue weighted by atomic mass is 9.86. The molecule has 1 aliphatic carbocycles. The molecule has 11 heteroatoms. The smallest absolute Gasteiger partial charge is 0.428 e. The van der Waals surface area contributed by atoms with Crippen LogP contribution in [0.25, 0.3) is 0 Å². The molecule has 2 fully saturated rings. The minimum atomic E-state index is -0.574. The number of carbonyl (C=O) groups excluding carboxylic acids is 3. The summed E-state index contributed by atoms with van der Waals surface area (Å²) in [6.07, 6.45) is 13.3. The number of nitrogens with one attached hydrogen (secondary N) is 2. The number of hydrogen-bond acceptors (Lipinski definition) is 6. The number of aliphatic imine (C=N–C) groups is 1. The molecule has 232 valence electrons. The van der Waals surface area contributed by atoms with Crippen molar-refractivity contribution in [1.29, 1.82) is 0 Å². The van der Waals surface area contributed by atoms with Crippen molar-refractivity contribution in [3.63, 3.8) is 0 Å². The van der Waals surface area contributed by atoms with Gasteiger partial charge in [-0.25, -0.2) is 9.80 Å². The average Bonchev–Trinajstić information content (AvgIpc) is 3.31. The molecule has 3 amide bonds. The highest BCUT2D eigenvalue weighted by Gasteiger charge is 2.39. The second kappa shape index (κ2) is 21.2. The second-order valence-electron chi connectivity index (χ2n) is 10.8. The number of rotatable bonds is 15. The molecule has 1 saturated heterocycles. The lowest BCUT2D eigenvalue weighted by Crippen LogP contribution is -2.55. The summed E-state index contributed by atoms with van der Waals surface area (Å²) in [4.78, 5) is 43.9. The van der Waals surface area contributed by atoms with Gasteiger partial charge < -0.3 is 26.4 Å². The first-order chi connectivity index (χ1) is 19.3. The summed E-state index contributed by atoms with van der Waals surface area (Å²) in [7, 11) is 0. The Hall–Kier alpha value is -2.56. The van der Waals surface area contributed by atoms with Gasteiger partial charge in [0, 0.05) is 19.6 Å². The maximum absolute atomic E-state index is 13.1. The predicted molar refractivity (Wildman–Crippen MR) is 160 cm³/mol. The van der Waals surface area contributed by atoms with Crippen LogP contribution in [-0.2, 0) is 14.3 Å². The Balaban J connectivity index is 0.00000101. The number of hydrazine groups is 1. The minimum absolute atomic E-state index is 0.00231. The molecule has 2 aliphatic rings. The molecule has 2 rings (SSSR count). The van der Waals surface area contributed by atoms with Crippen LogP contribution >= 0.6 is 0 Å². The molecule has 11 nitrogen and oxygen atoms in total. The van der Waals surface area contributed by atoms with E-state index < -0.39 is 12.1 Å². The molecule has 0 aromatic rings. The van der Waals surface area contributed by atoms with Crippen molar-refractivity contribution in [1.82, 2.24) is 20.7 Å². The lowest BCUT2D eigenvalue weighted by molar-refractivity contribution is -0.140. The number of nitrogens with zero attached hydrogens (tertiary/aromatic N) is 3. The number of guanidine groups is 1. The van der Waals surface area contributed by atoms with Gasteiger partial charge in [0.15, 0.2) is 5.96 Å². The number of amides is 3. The van der Waals surface area contributed by atoms with Gasteiger partial charge in [-0.2, -0.15) is 0 Å². The zero-order valence-electron chi connectivity index (χ0n) is 25.6. The SMILES string of the molecule is CCCCN(NC(=O)[C@H](CCC)N1CC[C@@H](NCCCC2CCCCC2)C1=O)C(=O)OCC.CCCN=C(N)N. The Bertz CT molecular complexity index is 755. The van der Waals surface area contributed by atoms with Crippen LogP contribution in [0.3, 0.4) is 0 Å². The van der Waals surface area contributed by atoms with E-state index in [-0.39, 0.29) is 30.4 Å². The fourth-order valence-electron chi connectivity index (χ4n) is 5.20. The van der Waals surface area contributed by atoms with Crippen LogP contribution in [0.5, 0.6) is 0 Å². The molecule has 40 heavy (non-hydrogen) atoms. The highest BCUT2D eigenvalue weighted by atomic mass is 16.6. The topological polar surface area (TPSA) is 155 Å². The standard InChI is InChI=1S/C25H46N4O4.C4H11N3/c1-4-7-18-29(25(32)33-6-3)27-23(30)22(12-5-2)28-19-16-21(24(28)31)26-17-11-15-20-13-9-8-10-14-20;1-2-3-7-4(5)6/h20-22,26H,4-19H2,1-3H3,(H,27,30);2-3H2,1H3,(H4,5,6,7)/t21-,22+;/m1./s1. The first-order valence-corrected chi connectivity index (χ1v) is 15.6. The van der Waals surface area contributed by atoms with E-state index in [1.54, 1.807) is 11.8 Å². The Morgan fingerprint density at radius 1 is 1.05 bits per heavy atom. The molecule has 1 saturated carbocycles. The summed E-state index contributed by atoms with van der Waals surface area (Å²) < 4.78 is 5.09. The quantitative estimate of drug-likeness (QED) is 0.102. The molecule has 0 spiro atoms. The van der Waals surface area contributed by atoms with Gasteiger partial charge in [-0.05, 0) is 57.9 Å². The third-order valence-electron chi connectivity index (χ3n) is 7.37. The van der Waals surface area contributed by atoms with Crippen LogP contribution in [0, 0.1) is 5.92 Å². The van der Waals surface area contributed by atoms with Crippen LogP contribution in [0.1, 0.15) is 111 Å². The van der Waals surface area contributed by atoms with Crippen LogP contribution in [0.15, 0.2) is 4.99 Å². The molecule has 0 aromatic carbocycles. The van der Waals surface area contributed by atoms with E-state index in [1.165, 1.54) is 43.5 Å². The van der Waals surface area contributed by atoms with Crippen molar-refractivity contribution in [2.75, 3.05) is 32.8 Å². The molecule has 0 aromatic heterocycles. The normalized spacial score (nSPS) is 17.9. The van der Waals surface area contributed by atoms with E-state index in [1.807, 2.05) is 20.8 Å². The number of carbonyl (C=O) groups is 3. The number of unbranched alkanes of at least 4 members (excludes halogenated alkanes) is 1. The van der Waals surface area contributed by atoms with E-state index >= 15 is 0 Å². The number of hydrogen-bond donors (Lipinski definition) is 4. The zero-order valence-corrected chi connectivity index (χ0v) is 25.6. The van der Waals surface area contributed by atoms with Gasteiger partial charge in [0.2, 0.25) is 5.91 Å². The monoisotopic (exact) mass is 567 g/mol. The molecule has 6 N–H and O–H groups in total. The molecular formula is C29H57N7O4. The molecule has 0 radical (unpaired) electrons. The third-order valence-corrected chi connectivity index (χ3v) is 7.37. The lowest BCUT2D eigenvalue weighted by Gasteiger charge is -2.30. The van der Waals surface area contributed by atoms with Gasteiger partial charge in [0.1, 0.15) is 6.04 Å². The van der Waals surface area contributed by atoms with Gasteiger partial charge in [-0.15, -0.1) is 0 Å². The molecule has 2 atom stereocenters. The molecule has 1 heterocycles. The summed E-state index contributed by atoms with van der Waals surface area (Å²) in [5.41, 5.74) is 12.7. The first kappa shape index (κ1) is 35.5. The summed E-state index contributed by atoms with van der Waals surface area (Å²) in [6, 6.07) is -0.792. The molecular weight excluding hydrogens is 510 g/mol. The van der Waals surface area contributed by atoms with E-state index in [0.29, 0.717) is 25.9 Å². The predicted octanol–water partition coefficient (Wildman–Crippen LogP) is 3.67. The third kappa shape index (κ3) is 13.7. The Labute approximate surface area is 242 Å². The fraction of sp³-hybridized carbons (Fsp3) is 0.862. The minimum Gasteiger partial charge on any atom is -0.448 e. The number of ether oxygens (including phenoxy) is 1. The van der Waals surface area contributed by atoms with Crippen LogP contribution < -0.4 is 22.2 Å². The van der Waals surface area contributed by atoms with Gasteiger partial charge >= 0.3 is 6.09 Å². The summed E-state index contributed by atoms with van der Waals surface area (Å²) in [6.45, 7) is 10.6. The van der Waals surface area contributed by atoms with Crippen molar-refractivity contribution in [2.45, 2.75) is 123 Å². The van der Waals surface area contributed by atoms with Crippen LogP contribution in [-0.4, -0.2) is 78.6 Å². The molecule has 0 bridgehead atoms. The summed E-state index contributed by atoms with van der Waals surface area (Å²) in [5.74, 6) is 0.718. The highest BCUT2D eigenvalue weighted by molar-refractivity contribution is 5.91. The van der Waals surface area contributed by atoms with Crippen molar-refractivity contribution in [3.8, 4) is 0 Å². The maximum atomic E-state index is 13.1. The number of nitrogens with two attached hydrogens (primary N) is 2. The van der Waals surface area contributed by atoms with Crippen LogP contribution in [0.4, 0.5) is 4.79 Å². The highest BCUT2D eigenvalue weighted by Crippen LogP contribution is 2.27. The summed E-state index contributed by atoms with van der Waals surface area (Å²) in [5, 5.41) is 4.68. The Morgan fingerprint density at radius 3 is 2.35 bits per heavy atom. The van der Waals surface area contributed by atoms with Crippen LogP contribution in [0.2, 0.25) is 0 Å². The number of likely N-dealkylation sites (tertiary alicyclic amines) is 1. The van der Waals surface area contributed by atoms with Gasteiger partial charge in [0.05, 0.1) is 12.6 Å². The van der Waals surface area contributed by atoms with Crippen molar-refractivity contribution < 1.29 is 19.1 Å². The maximum Gasteiger partial charge on any atom is 0.428 e. The summed E-state index contributed by atoms with van der Waals surface area (Å²) >= 11 is 0. The fourth-order valence-corrected chi connectivity index (χ4v) is 5.20.